The predicted octanol–water partition coefficient (Wildman–Crippen LogP) is 2.85. The van der Waals surface area contributed by atoms with Gasteiger partial charge >= 0.3 is 0 Å². The number of allylic oxidation sites excluding steroid dienone is 1. The molecule has 0 aliphatic carbocycles. The number of ketones is 3. The zero-order valence-electron chi connectivity index (χ0n) is 75.2. The number of fused-ring (bicyclic) bond motifs is 2. The van der Waals surface area contributed by atoms with Gasteiger partial charge in [-0.3, -0.25) is 72.3 Å². The second-order valence-electron chi connectivity index (χ2n) is 33.0. The first-order valence-electron chi connectivity index (χ1n) is 45.4. The van der Waals surface area contributed by atoms with E-state index in [2.05, 4.69) is 83.4 Å². The van der Waals surface area contributed by atoms with Crippen LogP contribution in [0.5, 0.6) is 0 Å². The summed E-state index contributed by atoms with van der Waals surface area (Å²) >= 11 is 0. The number of nitrogens with two attached hydrogens (primary N) is 3. The van der Waals surface area contributed by atoms with E-state index in [9.17, 15) is 75.9 Å². The Hall–Kier alpha value is -10.8. The van der Waals surface area contributed by atoms with Crippen LogP contribution < -0.4 is 65.1 Å². The summed E-state index contributed by atoms with van der Waals surface area (Å²) in [6, 6.07) is 7.74. The number of nitrogens with one attached hydrogen (secondary N) is 11. The van der Waals surface area contributed by atoms with Crippen molar-refractivity contribution in [2.24, 2.45) is 33.1 Å². The first-order chi connectivity index (χ1) is 62.1. The van der Waals surface area contributed by atoms with Crippen LogP contribution in [0.4, 0.5) is 0 Å². The number of unbranched alkanes of at least 4 members (excludes halogenated alkanes) is 13. The summed E-state index contributed by atoms with van der Waals surface area (Å²) < 4.78 is 40.5. The number of aromatic nitrogens is 5. The Bertz CT molecular complexity index is 4390. The first kappa shape index (κ1) is 107. The third-order valence-corrected chi connectivity index (χ3v) is 23.6. The molecule has 714 valence electrons. The number of Topliss-reactive ketones (excluding diaryl/α,β-unsaturated/α-hetero) is 3. The van der Waals surface area contributed by atoms with Crippen molar-refractivity contribution in [3.8, 4) is 0 Å². The Morgan fingerprint density at radius 2 is 1.33 bits per heavy atom. The van der Waals surface area contributed by atoms with Gasteiger partial charge in [-0.2, -0.15) is 5.21 Å². The minimum atomic E-state index is -3.82. The number of aromatic amines is 2. The van der Waals surface area contributed by atoms with Crippen molar-refractivity contribution in [2.75, 3.05) is 78.0 Å². The number of ether oxygens (including phenoxy) is 3. The van der Waals surface area contributed by atoms with Gasteiger partial charge in [-0.25, -0.2) is 8.42 Å². The molecule has 2 saturated heterocycles. The number of aryl methyl sites for hydroxylation is 1. The number of carbonyl (C=O) groups is 13. The average Bonchev–Trinajstić information content (AvgIpc) is 1.67. The third kappa shape index (κ3) is 42.1. The lowest BCUT2D eigenvalue weighted by Crippen LogP contribution is -2.59. The van der Waals surface area contributed by atoms with Gasteiger partial charge in [0.25, 0.3) is 0 Å². The van der Waals surface area contributed by atoms with Gasteiger partial charge in [0.05, 0.1) is 32.0 Å². The van der Waals surface area contributed by atoms with Gasteiger partial charge in [0, 0.05) is 126 Å². The number of sulfone groups is 1. The quantitative estimate of drug-likeness (QED) is 0.0172. The summed E-state index contributed by atoms with van der Waals surface area (Å²) in [7, 11) is -2.35. The van der Waals surface area contributed by atoms with E-state index in [-0.39, 0.29) is 145 Å². The Morgan fingerprint density at radius 3 is 2.00 bits per heavy atom. The highest BCUT2D eigenvalue weighted by molar-refractivity contribution is 7.91. The smallest absolute Gasteiger partial charge is 0.246 e. The van der Waals surface area contributed by atoms with Crippen molar-refractivity contribution in [1.29, 1.82) is 0 Å². The van der Waals surface area contributed by atoms with E-state index in [1.165, 1.54) is 63.8 Å². The van der Waals surface area contributed by atoms with Crippen LogP contribution in [0.25, 0.3) is 10.9 Å². The molecule has 2 fully saturated rings. The molecule has 3 aliphatic rings. The summed E-state index contributed by atoms with van der Waals surface area (Å²) in [5.41, 5.74) is 19.8. The first-order valence-corrected chi connectivity index (χ1v) is 47.2. The average molecular weight is 1820 g/mol. The minimum Gasteiger partial charge on any atom is -0.391 e. The summed E-state index contributed by atoms with van der Waals surface area (Å²) in [5, 5.41) is 49.7. The molecule has 18 N–H and O–H groups in total. The van der Waals surface area contributed by atoms with E-state index in [1.807, 2.05) is 31.2 Å². The molecule has 5 heterocycles. The Kier molecular flexibility index (Phi) is 49.9. The maximum absolute atomic E-state index is 14.4. The molecule has 2 aromatic carbocycles. The Morgan fingerprint density at radius 1 is 0.682 bits per heavy atom. The number of aliphatic hydroxyl groups excluding tert-OH is 1. The van der Waals surface area contributed by atoms with E-state index in [4.69, 9.17) is 31.4 Å². The van der Waals surface area contributed by atoms with Crippen LogP contribution in [-0.2, 0) is 106 Å². The van der Waals surface area contributed by atoms with E-state index < -0.39 is 142 Å². The van der Waals surface area contributed by atoms with Gasteiger partial charge in [-0.15, -0.1) is 10.2 Å². The number of guanidine groups is 1. The van der Waals surface area contributed by atoms with Crippen molar-refractivity contribution in [2.45, 2.75) is 281 Å². The molecule has 40 heteroatoms. The predicted molar refractivity (Wildman–Crippen MR) is 484 cm³/mol. The maximum Gasteiger partial charge on any atom is 0.246 e. The van der Waals surface area contributed by atoms with Crippen molar-refractivity contribution in [1.82, 2.24) is 78.4 Å². The number of aliphatic hydroxyl groups is 1. The van der Waals surface area contributed by atoms with E-state index >= 15 is 0 Å². The molecule has 3 aliphatic heterocycles. The zero-order valence-corrected chi connectivity index (χ0v) is 76.0. The molecule has 39 nitrogen and oxygen atoms in total. The van der Waals surface area contributed by atoms with Gasteiger partial charge in [0.1, 0.15) is 78.8 Å². The molecule has 4 aromatic rings. The van der Waals surface area contributed by atoms with Crippen LogP contribution in [0.1, 0.15) is 224 Å². The Balaban J connectivity index is 0.000000399. The number of aliphatic imine (C=N–C) groups is 2. The molecule has 10 amide bonds. The number of rotatable bonds is 51. The van der Waals surface area contributed by atoms with Crippen LogP contribution in [-0.4, -0.2) is 265 Å². The molecule has 0 spiro atoms. The normalized spacial score (nSPS) is 19.3. The lowest BCUT2D eigenvalue weighted by molar-refractivity contribution is -0.142. The van der Waals surface area contributed by atoms with E-state index in [0.717, 1.165) is 67.2 Å². The molecule has 7 rings (SSSR count). The largest absolute Gasteiger partial charge is 0.391 e. The SMILES string of the molecule is CC(=O)[C@@H]1CCCCCC(=O)CC[C@H](C)C(=O)N2C[C@H](O)C[C@H]2C(=O)N[C@H](Cc2ccccc2)C(=O)N[C@@H](CCCN=C(N)N)C(=O)N[C@@H](Cc2c[nH]c3ccccc23)C(=O)N1.CCCC[C@H](NC(=O)[C@H](CN)NC(=O)[C@H](CC1=CCC=N1)NC(=O)COCCOCCNC(=O)COCS(=O)(=O)CC(=O)CCCCCCCCCCCCCCCc1nn[nH]n1)C(=O)NC. The monoisotopic (exact) mass is 1820 g/mol. The topological polar surface area (TPSA) is 589 Å². The number of amides is 10. The van der Waals surface area contributed by atoms with Gasteiger partial charge in [0.15, 0.2) is 27.4 Å². The van der Waals surface area contributed by atoms with Crippen molar-refractivity contribution >= 4 is 109 Å². The van der Waals surface area contributed by atoms with Crippen molar-refractivity contribution in [3.05, 3.63) is 89.5 Å². The van der Waals surface area contributed by atoms with Crippen molar-refractivity contribution < 1.29 is 90.1 Å². The van der Waals surface area contributed by atoms with Gasteiger partial charge < -0.3 is 94.3 Å². The number of hydrogen-bond acceptors (Lipinski definition) is 25. The molecule has 2 aromatic heterocycles. The fraction of sp³-hybridized carbons (Fsp3) is 0.640. The number of hydrogen-bond donors (Lipinski definition) is 15. The minimum absolute atomic E-state index is 0.0144. The lowest BCUT2D eigenvalue weighted by Gasteiger charge is -2.29. The van der Waals surface area contributed by atoms with Crippen LogP contribution in [0.15, 0.2) is 82.6 Å². The lowest BCUT2D eigenvalue weighted by atomic mass is 9.98. The number of benzene rings is 2. The van der Waals surface area contributed by atoms with Crippen molar-refractivity contribution in [3.63, 3.8) is 0 Å². The second kappa shape index (κ2) is 60.1. The molecule has 129 heavy (non-hydrogen) atoms. The number of carbonyl (C=O) groups excluding carboxylic acids is 13. The molecule has 0 saturated carbocycles. The van der Waals surface area contributed by atoms with Crippen LogP contribution >= 0.6 is 0 Å². The fourth-order valence-corrected chi connectivity index (χ4v) is 16.1. The number of likely N-dealkylation sites (N-methyl/N-ethyl adjacent to an activating group) is 1. The highest BCUT2D eigenvalue weighted by Crippen LogP contribution is 2.26. The molecular weight excluding hydrogens is 1690 g/mol. The highest BCUT2D eigenvalue weighted by atomic mass is 32.2. The summed E-state index contributed by atoms with van der Waals surface area (Å²) in [4.78, 5) is 185. The molecular formula is C89H138N20O19S. The standard InChI is InChI=1S/C45H61N9O8.C44H77N11O11S/c1-27-19-20-31(56)14-7-4-8-16-34(28(2)55)50-42(60)38(23-30-25-49-35-17-10-9-15-33(30)35)52-40(58)36(18-11-21-48-45(46)47)51-41(59)37(22-29-12-5-3-6-13-29)53-43(61)39-24-32(57)26-54(39)44(27)62;1-3-4-21-36(42(59)46-2)50-44(61)38(29-45)51-43(60)37(28-34-19-18-23-47-34)49-41(58)31-65-27-26-64-25-24-48-40(57)30-66-33-67(62,63)32-35(56)20-16-14-12-10-8-6-5-7-9-11-13-15-17-22-39-52-54-55-53-39/h3,5-6,9-10,12-13,15,17,25,27,32,34,36-39,49,57H,4,7-8,11,14,16,18-24,26H2,1-2H3,(H,50,60)(H,51,59)(H,52,58)(H,53,61)(H4,46,47,48);19,23,36-38H,3-18,20-22,24-33,45H2,1-2H3,(H,46,59)(H,48,57)(H,49,58)(H,50,61)(H,51,60)(H,52,53,54,55)/t27-,32+,34-,36-,37+,38-,39-;36-,37-,38-/m00/s1. The number of H-pyrrole nitrogens is 2. The summed E-state index contributed by atoms with van der Waals surface area (Å²) in [6.45, 7) is 4.20. The highest BCUT2D eigenvalue weighted by Gasteiger charge is 2.42. The Labute approximate surface area is 755 Å². The van der Waals surface area contributed by atoms with Crippen LogP contribution in [0, 0.1) is 5.92 Å². The van der Waals surface area contributed by atoms with Crippen LogP contribution in [0.3, 0.4) is 0 Å². The molecule has 0 bridgehead atoms. The maximum atomic E-state index is 14.4. The second-order valence-corrected chi connectivity index (χ2v) is 35.1. The summed E-state index contributed by atoms with van der Waals surface area (Å²) in [6.07, 6.45) is 25.4. The van der Waals surface area contributed by atoms with Crippen LogP contribution in [0.2, 0.25) is 0 Å². The number of para-hydroxylation sites is 1. The fourth-order valence-electron chi connectivity index (χ4n) is 15.1. The number of nitrogens with zero attached hydrogens (tertiary/aromatic N) is 6. The molecule has 10 atom stereocenters. The number of tetrazole rings is 1. The van der Waals surface area contributed by atoms with Gasteiger partial charge in [-0.05, 0) is 75.5 Å². The third-order valence-electron chi connectivity index (χ3n) is 22.3. The van der Waals surface area contributed by atoms with Gasteiger partial charge in [-0.1, -0.05) is 170 Å². The van der Waals surface area contributed by atoms with E-state index in [0.29, 0.717) is 62.6 Å². The van der Waals surface area contributed by atoms with E-state index in [1.54, 1.807) is 55.7 Å². The molecule has 0 radical (unpaired) electrons. The summed E-state index contributed by atoms with van der Waals surface area (Å²) in [5.74, 6) is -7.88. The molecule has 0 unspecified atom stereocenters. The van der Waals surface area contributed by atoms with Gasteiger partial charge in [0.2, 0.25) is 59.1 Å². The zero-order chi connectivity index (χ0) is 93.7.